The molecule has 5 heteroatoms. The van der Waals surface area contributed by atoms with Gasteiger partial charge in [-0.05, 0) is 36.5 Å². The second-order valence-corrected chi connectivity index (χ2v) is 5.91. The van der Waals surface area contributed by atoms with Gasteiger partial charge in [-0.15, -0.1) is 0 Å². The van der Waals surface area contributed by atoms with E-state index in [0.29, 0.717) is 31.0 Å². The normalized spacial score (nSPS) is 25.2. The lowest BCUT2D eigenvalue weighted by atomic mass is 9.85. The molecule has 112 valence electrons. The number of benzene rings is 1. The van der Waals surface area contributed by atoms with E-state index in [1.165, 1.54) is 0 Å². The average Bonchev–Trinajstić information content (AvgIpc) is 2.53. The van der Waals surface area contributed by atoms with E-state index in [9.17, 15) is 9.59 Å². The van der Waals surface area contributed by atoms with Crippen molar-refractivity contribution in [2.24, 2.45) is 11.7 Å². The number of hydrogen-bond acceptors (Lipinski definition) is 3. The van der Waals surface area contributed by atoms with E-state index in [2.05, 4.69) is 5.32 Å². The third-order valence-electron chi connectivity index (χ3n) is 4.55. The van der Waals surface area contributed by atoms with Gasteiger partial charge < -0.3 is 16.0 Å². The van der Waals surface area contributed by atoms with Crippen LogP contribution in [0.3, 0.4) is 0 Å². The summed E-state index contributed by atoms with van der Waals surface area (Å²) in [7, 11) is 0. The largest absolute Gasteiger partial charge is 0.353 e. The van der Waals surface area contributed by atoms with Crippen molar-refractivity contribution in [1.29, 1.82) is 0 Å². The molecule has 2 fully saturated rings. The van der Waals surface area contributed by atoms with E-state index in [1.807, 2.05) is 29.2 Å². The van der Waals surface area contributed by atoms with Crippen molar-refractivity contribution >= 4 is 11.8 Å². The van der Waals surface area contributed by atoms with Gasteiger partial charge in [0.1, 0.15) is 0 Å². The van der Waals surface area contributed by atoms with Gasteiger partial charge >= 0.3 is 0 Å². The molecule has 3 rings (SSSR count). The summed E-state index contributed by atoms with van der Waals surface area (Å²) in [4.78, 5) is 25.9. The van der Waals surface area contributed by atoms with Gasteiger partial charge in [0.25, 0.3) is 5.91 Å². The Bertz CT molecular complexity index is 541. The first-order chi connectivity index (χ1) is 10.2. The van der Waals surface area contributed by atoms with E-state index in [4.69, 9.17) is 5.73 Å². The second kappa shape index (κ2) is 5.85. The highest BCUT2D eigenvalue weighted by atomic mass is 16.2. The summed E-state index contributed by atoms with van der Waals surface area (Å²) in [5, 5.41) is 3.04. The summed E-state index contributed by atoms with van der Waals surface area (Å²) in [6.45, 7) is 1.93. The van der Waals surface area contributed by atoms with Gasteiger partial charge in [0, 0.05) is 37.7 Å². The van der Waals surface area contributed by atoms with Crippen LogP contribution in [-0.4, -0.2) is 35.8 Å². The van der Waals surface area contributed by atoms with E-state index in [1.54, 1.807) is 0 Å². The van der Waals surface area contributed by atoms with Crippen molar-refractivity contribution in [3.8, 4) is 0 Å². The van der Waals surface area contributed by atoms with Crippen molar-refractivity contribution in [3.63, 3.8) is 0 Å². The maximum absolute atomic E-state index is 12.5. The molecule has 1 aromatic rings. The van der Waals surface area contributed by atoms with Crippen LogP contribution in [0.1, 0.15) is 35.2 Å². The minimum atomic E-state index is 0.0777. The molecular formula is C16H21N3O2. The molecule has 2 amide bonds. The molecule has 2 heterocycles. The quantitative estimate of drug-likeness (QED) is 0.848. The number of piperidine rings is 2. The summed E-state index contributed by atoms with van der Waals surface area (Å²) in [6, 6.07) is 7.75. The average molecular weight is 287 g/mol. The number of nitrogens with zero attached hydrogens (tertiary/aromatic N) is 1. The van der Waals surface area contributed by atoms with Crippen molar-refractivity contribution < 1.29 is 9.59 Å². The fourth-order valence-electron chi connectivity index (χ4n) is 3.26. The van der Waals surface area contributed by atoms with Crippen molar-refractivity contribution in [2.45, 2.75) is 31.8 Å². The summed E-state index contributed by atoms with van der Waals surface area (Å²) in [6.07, 6.45) is 2.31. The Morgan fingerprint density at radius 2 is 2.05 bits per heavy atom. The Labute approximate surface area is 124 Å². The van der Waals surface area contributed by atoms with Crippen LogP contribution in [0, 0.1) is 5.92 Å². The predicted molar refractivity (Wildman–Crippen MR) is 79.5 cm³/mol. The lowest BCUT2D eigenvalue weighted by Gasteiger charge is -2.41. The molecule has 2 atom stereocenters. The minimum Gasteiger partial charge on any atom is -0.353 e. The molecule has 2 aliphatic heterocycles. The number of rotatable bonds is 2. The smallest absolute Gasteiger partial charge is 0.253 e. The SMILES string of the molecule is NCc1ccc(C(=O)N2CCC3NC(=O)CCC3C2)cc1. The number of hydrogen-bond donors (Lipinski definition) is 2. The first kappa shape index (κ1) is 14.1. The van der Waals surface area contributed by atoms with Gasteiger partial charge in [-0.3, -0.25) is 9.59 Å². The zero-order valence-electron chi connectivity index (χ0n) is 12.0. The van der Waals surface area contributed by atoms with Gasteiger partial charge in [-0.2, -0.15) is 0 Å². The van der Waals surface area contributed by atoms with E-state index in [-0.39, 0.29) is 17.9 Å². The third-order valence-corrected chi connectivity index (χ3v) is 4.55. The molecule has 2 aliphatic rings. The van der Waals surface area contributed by atoms with Gasteiger partial charge in [-0.25, -0.2) is 0 Å². The topological polar surface area (TPSA) is 75.4 Å². The summed E-state index contributed by atoms with van der Waals surface area (Å²) in [5.41, 5.74) is 7.31. The highest BCUT2D eigenvalue weighted by Crippen LogP contribution is 2.26. The lowest BCUT2D eigenvalue weighted by molar-refractivity contribution is -0.125. The fraction of sp³-hybridized carbons (Fsp3) is 0.500. The predicted octanol–water partition coefficient (Wildman–Crippen LogP) is 0.886. The molecule has 0 bridgehead atoms. The Morgan fingerprint density at radius 3 is 2.76 bits per heavy atom. The lowest BCUT2D eigenvalue weighted by Crippen LogP contribution is -2.55. The molecule has 5 nitrogen and oxygen atoms in total. The summed E-state index contributed by atoms with van der Waals surface area (Å²) < 4.78 is 0. The van der Waals surface area contributed by atoms with Crippen LogP contribution in [0.2, 0.25) is 0 Å². The molecule has 0 aliphatic carbocycles. The van der Waals surface area contributed by atoms with Crippen LogP contribution < -0.4 is 11.1 Å². The maximum atomic E-state index is 12.5. The summed E-state index contributed by atoms with van der Waals surface area (Å²) >= 11 is 0. The fourth-order valence-corrected chi connectivity index (χ4v) is 3.26. The van der Waals surface area contributed by atoms with Gasteiger partial charge in [0.05, 0.1) is 0 Å². The van der Waals surface area contributed by atoms with Crippen LogP contribution >= 0.6 is 0 Å². The molecule has 0 saturated carbocycles. The van der Waals surface area contributed by atoms with Gasteiger partial charge in [0.15, 0.2) is 0 Å². The molecule has 0 spiro atoms. The molecule has 2 saturated heterocycles. The van der Waals surface area contributed by atoms with Gasteiger partial charge in [-0.1, -0.05) is 12.1 Å². The number of carbonyl (C=O) groups excluding carboxylic acids is 2. The molecule has 2 unspecified atom stereocenters. The zero-order chi connectivity index (χ0) is 14.8. The van der Waals surface area contributed by atoms with Crippen LogP contribution in [0.25, 0.3) is 0 Å². The Hall–Kier alpha value is -1.88. The standard InChI is InChI=1S/C16H21N3O2/c17-9-11-1-3-12(4-2-11)16(21)19-8-7-14-13(10-19)5-6-15(20)18-14/h1-4,13-14H,5-10,17H2,(H,18,20). The van der Waals surface area contributed by atoms with E-state index in [0.717, 1.165) is 24.9 Å². The Kier molecular flexibility index (Phi) is 3.92. The maximum Gasteiger partial charge on any atom is 0.253 e. The highest BCUT2D eigenvalue weighted by Gasteiger charge is 2.35. The molecule has 0 aromatic heterocycles. The zero-order valence-corrected chi connectivity index (χ0v) is 12.0. The molecule has 3 N–H and O–H groups in total. The summed E-state index contributed by atoms with van der Waals surface area (Å²) in [5.74, 6) is 0.617. The number of likely N-dealkylation sites (tertiary alicyclic amines) is 1. The third kappa shape index (κ3) is 2.93. The monoisotopic (exact) mass is 287 g/mol. The molecular weight excluding hydrogens is 266 g/mol. The highest BCUT2D eigenvalue weighted by molar-refractivity contribution is 5.94. The number of nitrogens with two attached hydrogens (primary N) is 1. The van der Waals surface area contributed by atoms with Crippen LogP contribution in [-0.2, 0) is 11.3 Å². The molecule has 1 aromatic carbocycles. The second-order valence-electron chi connectivity index (χ2n) is 5.91. The Morgan fingerprint density at radius 1 is 1.29 bits per heavy atom. The van der Waals surface area contributed by atoms with Crippen molar-refractivity contribution in [2.75, 3.05) is 13.1 Å². The van der Waals surface area contributed by atoms with Crippen LogP contribution in [0.4, 0.5) is 0 Å². The number of amides is 2. The number of carbonyl (C=O) groups is 2. The molecule has 21 heavy (non-hydrogen) atoms. The van der Waals surface area contributed by atoms with Crippen molar-refractivity contribution in [3.05, 3.63) is 35.4 Å². The first-order valence-electron chi connectivity index (χ1n) is 7.55. The first-order valence-corrected chi connectivity index (χ1v) is 7.55. The van der Waals surface area contributed by atoms with Crippen molar-refractivity contribution in [1.82, 2.24) is 10.2 Å². The van der Waals surface area contributed by atoms with Gasteiger partial charge in [0.2, 0.25) is 5.91 Å². The minimum absolute atomic E-state index is 0.0777. The molecule has 0 radical (unpaired) electrons. The Balaban J connectivity index is 1.67. The van der Waals surface area contributed by atoms with E-state index >= 15 is 0 Å². The number of nitrogens with one attached hydrogen (secondary N) is 1. The number of fused-ring (bicyclic) bond motifs is 1. The van der Waals surface area contributed by atoms with Crippen LogP contribution in [0.15, 0.2) is 24.3 Å². The van der Waals surface area contributed by atoms with E-state index < -0.39 is 0 Å². The van der Waals surface area contributed by atoms with Crippen LogP contribution in [0.5, 0.6) is 0 Å².